The van der Waals surface area contributed by atoms with Crippen molar-refractivity contribution in [3.8, 4) is 0 Å². The van der Waals surface area contributed by atoms with Gasteiger partial charge in [0.2, 0.25) is 6.41 Å². The first-order valence-electron chi connectivity index (χ1n) is 5.30. The average Bonchev–Trinajstić information content (AvgIpc) is 2.39. The monoisotopic (exact) mass is 214 g/mol. The smallest absolute Gasteiger partial charge is 0.209 e. The van der Waals surface area contributed by atoms with Crippen molar-refractivity contribution in [1.29, 1.82) is 0 Å². The van der Waals surface area contributed by atoms with Crippen LogP contribution in [0.2, 0.25) is 0 Å². The number of pyridine rings is 1. The number of amides is 1. The molecule has 0 radical (unpaired) electrons. The third-order valence-corrected chi connectivity index (χ3v) is 2.74. The first-order valence-corrected chi connectivity index (χ1v) is 5.30. The lowest BCUT2D eigenvalue weighted by Crippen LogP contribution is -2.26. The highest BCUT2D eigenvalue weighted by molar-refractivity contribution is 5.66. The van der Waals surface area contributed by atoms with Gasteiger partial charge in [0.1, 0.15) is 0 Å². The molecule has 0 fully saturated rings. The first-order chi connectivity index (χ1) is 7.83. The standard InChI is InChI=1S/C13H14N2O/c1-2-11-3-4-13(14-9-11)12-5-7-15(10-16)8-6-12/h2-5,9-10H,1,6-8H2. The molecule has 2 heterocycles. The van der Waals surface area contributed by atoms with Crippen LogP contribution >= 0.6 is 0 Å². The Hall–Kier alpha value is -1.90. The third-order valence-electron chi connectivity index (χ3n) is 2.74. The van der Waals surface area contributed by atoms with E-state index in [-0.39, 0.29) is 0 Å². The van der Waals surface area contributed by atoms with Gasteiger partial charge in [-0.15, -0.1) is 0 Å². The molecule has 0 atom stereocenters. The van der Waals surface area contributed by atoms with Gasteiger partial charge in [0, 0.05) is 19.3 Å². The molecular weight excluding hydrogens is 200 g/mol. The normalized spacial score (nSPS) is 15.5. The molecule has 0 aliphatic carbocycles. The molecule has 1 aliphatic rings. The van der Waals surface area contributed by atoms with Gasteiger partial charge in [-0.3, -0.25) is 9.78 Å². The Labute approximate surface area is 95.1 Å². The minimum atomic E-state index is 0.684. The molecule has 82 valence electrons. The Morgan fingerprint density at radius 2 is 2.31 bits per heavy atom. The molecule has 0 saturated carbocycles. The molecule has 0 saturated heterocycles. The zero-order valence-corrected chi connectivity index (χ0v) is 9.10. The molecule has 0 spiro atoms. The van der Waals surface area contributed by atoms with E-state index >= 15 is 0 Å². The van der Waals surface area contributed by atoms with E-state index in [0.29, 0.717) is 6.54 Å². The van der Waals surface area contributed by atoms with E-state index in [0.717, 1.165) is 30.6 Å². The quantitative estimate of drug-likeness (QED) is 0.721. The van der Waals surface area contributed by atoms with Gasteiger partial charge in [0.15, 0.2) is 0 Å². The predicted octanol–water partition coefficient (Wildman–Crippen LogP) is 1.97. The summed E-state index contributed by atoms with van der Waals surface area (Å²) in [4.78, 5) is 16.7. The Balaban J connectivity index is 2.15. The van der Waals surface area contributed by atoms with E-state index in [4.69, 9.17) is 0 Å². The van der Waals surface area contributed by atoms with E-state index in [2.05, 4.69) is 17.6 Å². The molecule has 16 heavy (non-hydrogen) atoms. The topological polar surface area (TPSA) is 33.2 Å². The van der Waals surface area contributed by atoms with Gasteiger partial charge >= 0.3 is 0 Å². The molecule has 0 N–H and O–H groups in total. The zero-order chi connectivity index (χ0) is 11.4. The summed E-state index contributed by atoms with van der Waals surface area (Å²) in [5, 5.41) is 0. The number of aromatic nitrogens is 1. The largest absolute Gasteiger partial charge is 0.341 e. The fraction of sp³-hybridized carbons (Fsp3) is 0.231. The van der Waals surface area contributed by atoms with E-state index < -0.39 is 0 Å². The summed E-state index contributed by atoms with van der Waals surface area (Å²) in [7, 11) is 0. The summed E-state index contributed by atoms with van der Waals surface area (Å²) >= 11 is 0. The molecule has 1 aromatic heterocycles. The second-order valence-electron chi connectivity index (χ2n) is 3.76. The lowest BCUT2D eigenvalue weighted by atomic mass is 10.0. The molecule has 1 amide bonds. The number of carbonyl (C=O) groups is 1. The minimum absolute atomic E-state index is 0.684. The fourth-order valence-electron chi connectivity index (χ4n) is 1.73. The fourth-order valence-corrected chi connectivity index (χ4v) is 1.73. The van der Waals surface area contributed by atoms with E-state index in [9.17, 15) is 4.79 Å². The Morgan fingerprint density at radius 1 is 1.44 bits per heavy atom. The van der Waals surface area contributed by atoms with Gasteiger partial charge < -0.3 is 4.90 Å². The maximum atomic E-state index is 10.6. The van der Waals surface area contributed by atoms with Crippen LogP contribution in [0.4, 0.5) is 0 Å². The van der Waals surface area contributed by atoms with Crippen LogP contribution in [-0.4, -0.2) is 29.4 Å². The van der Waals surface area contributed by atoms with Crippen molar-refractivity contribution >= 4 is 18.1 Å². The van der Waals surface area contributed by atoms with E-state index in [1.165, 1.54) is 5.57 Å². The summed E-state index contributed by atoms with van der Waals surface area (Å²) in [6.07, 6.45) is 7.42. The van der Waals surface area contributed by atoms with Crippen LogP contribution in [0.15, 0.2) is 31.0 Å². The Morgan fingerprint density at radius 3 is 2.81 bits per heavy atom. The minimum Gasteiger partial charge on any atom is -0.341 e. The molecule has 0 bridgehead atoms. The van der Waals surface area contributed by atoms with Gasteiger partial charge in [-0.1, -0.05) is 24.8 Å². The van der Waals surface area contributed by atoms with Crippen molar-refractivity contribution in [3.63, 3.8) is 0 Å². The van der Waals surface area contributed by atoms with Crippen molar-refractivity contribution in [2.45, 2.75) is 6.42 Å². The van der Waals surface area contributed by atoms with Crippen molar-refractivity contribution in [2.75, 3.05) is 13.1 Å². The van der Waals surface area contributed by atoms with Crippen LogP contribution in [0.25, 0.3) is 11.6 Å². The Bertz CT molecular complexity index is 420. The molecule has 3 heteroatoms. The third kappa shape index (κ3) is 2.19. The van der Waals surface area contributed by atoms with Gasteiger partial charge in [-0.05, 0) is 23.6 Å². The van der Waals surface area contributed by atoms with Gasteiger partial charge in [0.05, 0.1) is 5.69 Å². The van der Waals surface area contributed by atoms with Crippen LogP contribution in [0.1, 0.15) is 17.7 Å². The molecule has 3 nitrogen and oxygen atoms in total. The molecule has 0 aromatic carbocycles. The molecule has 0 unspecified atom stereocenters. The molecule has 1 aromatic rings. The van der Waals surface area contributed by atoms with Crippen LogP contribution in [0.5, 0.6) is 0 Å². The summed E-state index contributed by atoms with van der Waals surface area (Å²) < 4.78 is 0. The maximum absolute atomic E-state index is 10.6. The van der Waals surface area contributed by atoms with Crippen LogP contribution < -0.4 is 0 Å². The lowest BCUT2D eigenvalue weighted by Gasteiger charge is -2.22. The summed E-state index contributed by atoms with van der Waals surface area (Å²) in [5.74, 6) is 0. The summed E-state index contributed by atoms with van der Waals surface area (Å²) in [5.41, 5.74) is 3.24. The molecule has 1 aliphatic heterocycles. The van der Waals surface area contributed by atoms with Crippen molar-refractivity contribution in [2.24, 2.45) is 0 Å². The predicted molar refractivity (Wildman–Crippen MR) is 64.6 cm³/mol. The number of hydrogen-bond donors (Lipinski definition) is 0. The van der Waals surface area contributed by atoms with Gasteiger partial charge in [-0.25, -0.2) is 0 Å². The lowest BCUT2D eigenvalue weighted by molar-refractivity contribution is -0.117. The number of rotatable bonds is 3. The van der Waals surface area contributed by atoms with Crippen molar-refractivity contribution < 1.29 is 4.79 Å². The SMILES string of the molecule is C=Cc1ccc(C2=CCN(C=O)CC2)nc1. The van der Waals surface area contributed by atoms with Crippen molar-refractivity contribution in [3.05, 3.63) is 42.2 Å². The number of carbonyl (C=O) groups excluding carboxylic acids is 1. The highest BCUT2D eigenvalue weighted by atomic mass is 16.1. The molecular formula is C13H14N2O. The second kappa shape index (κ2) is 4.75. The second-order valence-corrected chi connectivity index (χ2v) is 3.76. The van der Waals surface area contributed by atoms with Crippen LogP contribution in [-0.2, 0) is 4.79 Å². The summed E-state index contributed by atoms with van der Waals surface area (Å²) in [6.45, 7) is 5.16. The molecule has 2 rings (SSSR count). The number of nitrogens with zero attached hydrogens (tertiary/aromatic N) is 2. The number of hydrogen-bond acceptors (Lipinski definition) is 2. The average molecular weight is 214 g/mol. The van der Waals surface area contributed by atoms with Gasteiger partial charge in [-0.2, -0.15) is 0 Å². The van der Waals surface area contributed by atoms with Crippen molar-refractivity contribution in [1.82, 2.24) is 9.88 Å². The van der Waals surface area contributed by atoms with E-state index in [1.807, 2.05) is 18.3 Å². The highest BCUT2D eigenvalue weighted by Gasteiger charge is 2.11. The Kier molecular flexibility index (Phi) is 3.15. The zero-order valence-electron chi connectivity index (χ0n) is 9.10. The van der Waals surface area contributed by atoms with Crippen LogP contribution in [0, 0.1) is 0 Å². The maximum Gasteiger partial charge on any atom is 0.209 e. The van der Waals surface area contributed by atoms with Crippen LogP contribution in [0.3, 0.4) is 0 Å². The van der Waals surface area contributed by atoms with E-state index in [1.54, 1.807) is 11.0 Å². The highest BCUT2D eigenvalue weighted by Crippen LogP contribution is 2.20. The summed E-state index contributed by atoms with van der Waals surface area (Å²) in [6, 6.07) is 4.00. The first kappa shape index (κ1) is 10.6. The van der Waals surface area contributed by atoms with Gasteiger partial charge in [0.25, 0.3) is 0 Å².